The summed E-state index contributed by atoms with van der Waals surface area (Å²) in [6, 6.07) is 10.4. The minimum absolute atomic E-state index is 0.0638. The number of nitrogens with zero attached hydrogens (tertiary/aromatic N) is 1. The van der Waals surface area contributed by atoms with Crippen LogP contribution in [0.15, 0.2) is 36.4 Å². The number of rotatable bonds is 6. The number of nitrogens with one attached hydrogen (secondary N) is 2. The van der Waals surface area contributed by atoms with Gasteiger partial charge in [0.05, 0.1) is 16.8 Å². The van der Waals surface area contributed by atoms with Crippen molar-refractivity contribution in [1.29, 1.82) is 0 Å². The second-order valence-corrected chi connectivity index (χ2v) is 10.1. The Balaban J connectivity index is 1.39. The number of benzene rings is 1. The lowest BCUT2D eigenvalue weighted by Gasteiger charge is -2.44. The zero-order chi connectivity index (χ0) is 19.7. The standard InChI is InChI=1S/C19H23N3O4S2/c1-28(24,25)21-14-3-2-4-15(11-14)26-18-6-5-17(27-18)19(23)20-16-12-22-9-7-13(16)8-10-22/h2-6,11,13,16,21H,7-10,12H2,1H3,(H,20,23). The Kier molecular flexibility index (Phi) is 5.31. The molecular formula is C19H23N3O4S2. The molecule has 0 radical (unpaired) electrons. The molecule has 1 aromatic carbocycles. The van der Waals surface area contributed by atoms with Crippen LogP contribution in [0.3, 0.4) is 0 Å². The zero-order valence-corrected chi connectivity index (χ0v) is 17.2. The Hall–Kier alpha value is -2.10. The summed E-state index contributed by atoms with van der Waals surface area (Å²) in [6.45, 7) is 3.22. The number of ether oxygens (including phenoxy) is 1. The molecule has 3 aliphatic rings. The molecule has 1 amide bonds. The smallest absolute Gasteiger partial charge is 0.261 e. The summed E-state index contributed by atoms with van der Waals surface area (Å²) in [5.74, 6) is 1.01. The first-order valence-electron chi connectivity index (χ1n) is 9.24. The lowest BCUT2D eigenvalue weighted by atomic mass is 9.84. The second kappa shape index (κ2) is 7.73. The van der Waals surface area contributed by atoms with Gasteiger partial charge < -0.3 is 15.0 Å². The molecular weight excluding hydrogens is 398 g/mol. The number of carbonyl (C=O) groups is 1. The van der Waals surface area contributed by atoms with Gasteiger partial charge >= 0.3 is 0 Å². The minimum Gasteiger partial charge on any atom is -0.447 e. The fourth-order valence-corrected chi connectivity index (χ4v) is 5.15. The fraction of sp³-hybridized carbons (Fsp3) is 0.421. The molecule has 2 N–H and O–H groups in total. The van der Waals surface area contributed by atoms with E-state index < -0.39 is 10.0 Å². The van der Waals surface area contributed by atoms with Crippen LogP contribution in [0.25, 0.3) is 0 Å². The monoisotopic (exact) mass is 421 g/mol. The number of piperidine rings is 3. The normalized spacial score (nSPS) is 24.0. The van der Waals surface area contributed by atoms with Crippen molar-refractivity contribution in [2.24, 2.45) is 5.92 Å². The number of hydrogen-bond donors (Lipinski definition) is 2. The molecule has 7 nitrogen and oxygen atoms in total. The maximum Gasteiger partial charge on any atom is 0.261 e. The highest BCUT2D eigenvalue weighted by molar-refractivity contribution is 7.92. The molecule has 0 spiro atoms. The van der Waals surface area contributed by atoms with E-state index in [4.69, 9.17) is 4.74 Å². The largest absolute Gasteiger partial charge is 0.447 e. The molecule has 3 saturated heterocycles. The molecule has 9 heteroatoms. The first-order valence-corrected chi connectivity index (χ1v) is 12.0. The molecule has 4 heterocycles. The summed E-state index contributed by atoms with van der Waals surface area (Å²) >= 11 is 1.28. The summed E-state index contributed by atoms with van der Waals surface area (Å²) in [6.07, 6.45) is 3.41. The maximum absolute atomic E-state index is 12.6. The van der Waals surface area contributed by atoms with Crippen molar-refractivity contribution in [3.8, 4) is 10.8 Å². The van der Waals surface area contributed by atoms with E-state index in [2.05, 4.69) is 14.9 Å². The van der Waals surface area contributed by atoms with Gasteiger partial charge in [0, 0.05) is 18.7 Å². The Morgan fingerprint density at radius 1 is 1.21 bits per heavy atom. The zero-order valence-electron chi connectivity index (χ0n) is 15.6. The van der Waals surface area contributed by atoms with Crippen LogP contribution in [-0.2, 0) is 10.0 Å². The molecule has 3 aliphatic heterocycles. The van der Waals surface area contributed by atoms with E-state index in [9.17, 15) is 13.2 Å². The molecule has 0 aliphatic carbocycles. The molecule has 1 aromatic heterocycles. The van der Waals surface area contributed by atoms with Crippen molar-refractivity contribution in [2.45, 2.75) is 18.9 Å². The summed E-state index contributed by atoms with van der Waals surface area (Å²) in [5.41, 5.74) is 0.428. The van der Waals surface area contributed by atoms with Crippen LogP contribution in [0.2, 0.25) is 0 Å². The highest BCUT2D eigenvalue weighted by Crippen LogP contribution is 2.32. The first kappa shape index (κ1) is 19.2. The predicted octanol–water partition coefficient (Wildman–Crippen LogP) is 2.74. The molecule has 0 saturated carbocycles. The van der Waals surface area contributed by atoms with E-state index in [1.54, 1.807) is 36.4 Å². The number of carbonyl (C=O) groups excluding carboxylic acids is 1. The lowest BCUT2D eigenvalue weighted by Crippen LogP contribution is -2.57. The highest BCUT2D eigenvalue weighted by Gasteiger charge is 2.35. The number of amides is 1. The molecule has 1 atom stereocenters. The van der Waals surface area contributed by atoms with Crippen molar-refractivity contribution in [3.05, 3.63) is 41.3 Å². The third-order valence-electron chi connectivity index (χ3n) is 5.13. The Morgan fingerprint density at radius 3 is 2.68 bits per heavy atom. The molecule has 5 rings (SSSR count). The van der Waals surface area contributed by atoms with Crippen LogP contribution in [0, 0.1) is 5.92 Å². The van der Waals surface area contributed by atoms with Gasteiger partial charge in [0.1, 0.15) is 5.75 Å². The van der Waals surface area contributed by atoms with Crippen LogP contribution in [0.5, 0.6) is 10.8 Å². The van der Waals surface area contributed by atoms with E-state index in [1.807, 2.05) is 0 Å². The molecule has 2 aromatic rings. The molecule has 150 valence electrons. The SMILES string of the molecule is CS(=O)(=O)Nc1cccc(Oc2ccc(C(=O)NC3CN4CCC3CC4)s2)c1. The molecule has 3 fully saturated rings. The van der Waals surface area contributed by atoms with E-state index >= 15 is 0 Å². The van der Waals surface area contributed by atoms with Crippen molar-refractivity contribution in [1.82, 2.24) is 10.2 Å². The van der Waals surface area contributed by atoms with E-state index in [1.165, 1.54) is 11.3 Å². The summed E-state index contributed by atoms with van der Waals surface area (Å²) in [4.78, 5) is 15.6. The van der Waals surface area contributed by atoms with E-state index in [-0.39, 0.29) is 11.9 Å². The van der Waals surface area contributed by atoms with Gasteiger partial charge in [0.2, 0.25) is 10.0 Å². The summed E-state index contributed by atoms with van der Waals surface area (Å²) in [5, 5.41) is 3.76. The third-order valence-corrected chi connectivity index (χ3v) is 6.70. The number of thiophene rings is 1. The van der Waals surface area contributed by atoms with Crippen molar-refractivity contribution in [3.63, 3.8) is 0 Å². The Morgan fingerprint density at radius 2 is 2.00 bits per heavy atom. The van der Waals surface area contributed by atoms with E-state index in [0.29, 0.717) is 27.3 Å². The number of anilines is 1. The average Bonchev–Trinajstić information content (AvgIpc) is 3.10. The summed E-state index contributed by atoms with van der Waals surface area (Å²) in [7, 11) is -3.35. The van der Waals surface area contributed by atoms with Crippen LogP contribution in [0.1, 0.15) is 22.5 Å². The molecule has 1 unspecified atom stereocenters. The van der Waals surface area contributed by atoms with E-state index in [0.717, 1.165) is 38.7 Å². The fourth-order valence-electron chi connectivity index (χ4n) is 3.82. The van der Waals surface area contributed by atoms with Crippen LogP contribution in [0.4, 0.5) is 5.69 Å². The number of hydrogen-bond acceptors (Lipinski definition) is 6. The van der Waals surface area contributed by atoms with Crippen molar-refractivity contribution < 1.29 is 17.9 Å². The lowest BCUT2D eigenvalue weighted by molar-refractivity contribution is 0.0622. The minimum atomic E-state index is -3.35. The predicted molar refractivity (Wildman–Crippen MR) is 110 cm³/mol. The van der Waals surface area contributed by atoms with Gasteiger partial charge in [-0.2, -0.15) is 0 Å². The van der Waals surface area contributed by atoms with Gasteiger partial charge in [-0.3, -0.25) is 9.52 Å². The van der Waals surface area contributed by atoms with Gasteiger partial charge in [0.25, 0.3) is 5.91 Å². The third kappa shape index (κ3) is 4.65. The highest BCUT2D eigenvalue weighted by atomic mass is 32.2. The van der Waals surface area contributed by atoms with Gasteiger partial charge in [-0.1, -0.05) is 17.4 Å². The van der Waals surface area contributed by atoms with Crippen molar-refractivity contribution in [2.75, 3.05) is 30.6 Å². The van der Waals surface area contributed by atoms with Gasteiger partial charge in [-0.25, -0.2) is 8.42 Å². The molecule has 2 bridgehead atoms. The van der Waals surface area contributed by atoms with Crippen LogP contribution >= 0.6 is 11.3 Å². The van der Waals surface area contributed by atoms with Gasteiger partial charge in [-0.05, 0) is 56.1 Å². The Bertz CT molecular complexity index is 965. The van der Waals surface area contributed by atoms with Crippen molar-refractivity contribution >= 4 is 33.0 Å². The van der Waals surface area contributed by atoms with Gasteiger partial charge in [-0.15, -0.1) is 0 Å². The van der Waals surface area contributed by atoms with Crippen LogP contribution in [-0.4, -0.2) is 51.2 Å². The summed E-state index contributed by atoms with van der Waals surface area (Å²) < 4.78 is 30.9. The second-order valence-electron chi connectivity index (χ2n) is 7.34. The molecule has 28 heavy (non-hydrogen) atoms. The first-order chi connectivity index (χ1) is 13.4. The quantitative estimate of drug-likeness (QED) is 0.749. The number of sulfonamides is 1. The van der Waals surface area contributed by atoms with Crippen LogP contribution < -0.4 is 14.8 Å². The van der Waals surface area contributed by atoms with Gasteiger partial charge in [0.15, 0.2) is 5.06 Å². The number of fused-ring (bicyclic) bond motifs is 3. The topological polar surface area (TPSA) is 87.7 Å². The average molecular weight is 422 g/mol. The Labute approximate surface area is 168 Å². The maximum atomic E-state index is 12.6.